The van der Waals surface area contributed by atoms with Crippen molar-refractivity contribution in [3.05, 3.63) is 59.0 Å². The SMILES string of the molecule is C=C(CC(C)(C)C)N1CCN(c2ccc3nc(Cl)c(Cl)cc3c2)C(=C)C1. The van der Waals surface area contributed by atoms with Gasteiger partial charge >= 0.3 is 0 Å². The van der Waals surface area contributed by atoms with Gasteiger partial charge in [-0.05, 0) is 36.1 Å². The van der Waals surface area contributed by atoms with Crippen LogP contribution in [0.25, 0.3) is 10.9 Å². The Bertz CT molecular complexity index is 867. The van der Waals surface area contributed by atoms with Crippen LogP contribution in [0.4, 0.5) is 5.69 Å². The highest BCUT2D eigenvalue weighted by atomic mass is 35.5. The Morgan fingerprint density at radius 3 is 2.58 bits per heavy atom. The monoisotopic (exact) mass is 389 g/mol. The van der Waals surface area contributed by atoms with Gasteiger partial charge in [0.1, 0.15) is 5.15 Å². The molecule has 1 aromatic carbocycles. The summed E-state index contributed by atoms with van der Waals surface area (Å²) in [6.07, 6.45) is 0.987. The molecule has 1 saturated heterocycles. The van der Waals surface area contributed by atoms with Gasteiger partial charge in [0.05, 0.1) is 17.1 Å². The molecule has 0 atom stereocenters. The number of fused-ring (bicyclic) bond motifs is 1. The summed E-state index contributed by atoms with van der Waals surface area (Å²) in [5, 5.41) is 1.78. The summed E-state index contributed by atoms with van der Waals surface area (Å²) in [6, 6.07) is 7.99. The third-order valence-corrected chi connectivity index (χ3v) is 5.22. The fraction of sp³-hybridized carbons (Fsp3) is 0.381. The number of rotatable bonds is 3. The minimum atomic E-state index is 0.238. The number of anilines is 1. The second-order valence-corrected chi connectivity index (χ2v) is 8.85. The Morgan fingerprint density at radius 2 is 1.92 bits per heavy atom. The van der Waals surface area contributed by atoms with Gasteiger partial charge in [-0.2, -0.15) is 0 Å². The van der Waals surface area contributed by atoms with Crippen LogP contribution in [0, 0.1) is 5.41 Å². The largest absolute Gasteiger partial charge is 0.368 e. The fourth-order valence-electron chi connectivity index (χ4n) is 3.35. The highest BCUT2D eigenvalue weighted by Gasteiger charge is 2.24. The Balaban J connectivity index is 1.77. The van der Waals surface area contributed by atoms with Crippen molar-refractivity contribution in [1.82, 2.24) is 9.88 Å². The molecule has 26 heavy (non-hydrogen) atoms. The summed E-state index contributed by atoms with van der Waals surface area (Å²) < 4.78 is 0. The van der Waals surface area contributed by atoms with Crippen LogP contribution in [-0.2, 0) is 0 Å². The number of nitrogens with zero attached hydrogens (tertiary/aromatic N) is 3. The van der Waals surface area contributed by atoms with Gasteiger partial charge in [0.2, 0.25) is 0 Å². The number of piperazine rings is 1. The second-order valence-electron chi connectivity index (χ2n) is 8.08. The maximum atomic E-state index is 6.12. The molecular formula is C21H25Cl2N3. The number of benzene rings is 1. The summed E-state index contributed by atoms with van der Waals surface area (Å²) in [5.74, 6) is 0. The van der Waals surface area contributed by atoms with Gasteiger partial charge in [0.25, 0.3) is 0 Å². The van der Waals surface area contributed by atoms with Gasteiger partial charge in [-0.1, -0.05) is 57.1 Å². The van der Waals surface area contributed by atoms with Crippen LogP contribution < -0.4 is 4.90 Å². The molecule has 0 N–H and O–H groups in total. The molecule has 0 radical (unpaired) electrons. The minimum Gasteiger partial charge on any atom is -0.368 e. The number of aromatic nitrogens is 1. The molecule has 0 bridgehead atoms. The van der Waals surface area contributed by atoms with E-state index in [9.17, 15) is 0 Å². The predicted octanol–water partition coefficient (Wildman–Crippen LogP) is 6.13. The number of allylic oxidation sites excluding steroid dienone is 1. The Morgan fingerprint density at radius 1 is 1.19 bits per heavy atom. The van der Waals surface area contributed by atoms with Crippen molar-refractivity contribution in [1.29, 1.82) is 0 Å². The van der Waals surface area contributed by atoms with E-state index in [0.717, 1.165) is 48.3 Å². The summed E-state index contributed by atoms with van der Waals surface area (Å²) >= 11 is 12.1. The number of hydrogen-bond donors (Lipinski definition) is 0. The molecule has 0 amide bonds. The van der Waals surface area contributed by atoms with Gasteiger partial charge in [0.15, 0.2) is 0 Å². The lowest BCUT2D eigenvalue weighted by Crippen LogP contribution is -2.44. The minimum absolute atomic E-state index is 0.238. The first-order valence-corrected chi connectivity index (χ1v) is 9.53. The fourth-order valence-corrected chi connectivity index (χ4v) is 3.66. The van der Waals surface area contributed by atoms with Gasteiger partial charge in [-0.15, -0.1) is 0 Å². The molecule has 1 aromatic heterocycles. The van der Waals surface area contributed by atoms with Crippen molar-refractivity contribution in [2.75, 3.05) is 24.5 Å². The van der Waals surface area contributed by atoms with Crippen LogP contribution in [0.1, 0.15) is 27.2 Å². The third kappa shape index (κ3) is 4.16. The molecule has 2 heterocycles. The molecule has 3 nitrogen and oxygen atoms in total. The van der Waals surface area contributed by atoms with Gasteiger partial charge in [-0.3, -0.25) is 0 Å². The van der Waals surface area contributed by atoms with Gasteiger partial charge in [-0.25, -0.2) is 4.98 Å². The molecule has 138 valence electrons. The maximum absolute atomic E-state index is 6.12. The number of halogens is 2. The lowest BCUT2D eigenvalue weighted by atomic mass is 9.90. The van der Waals surface area contributed by atoms with Crippen LogP contribution in [0.15, 0.2) is 48.8 Å². The van der Waals surface area contributed by atoms with Crippen molar-refractivity contribution in [2.45, 2.75) is 27.2 Å². The lowest BCUT2D eigenvalue weighted by molar-refractivity contribution is 0.294. The summed E-state index contributed by atoms with van der Waals surface area (Å²) in [4.78, 5) is 8.91. The van der Waals surface area contributed by atoms with E-state index in [2.05, 4.69) is 60.8 Å². The first-order chi connectivity index (χ1) is 12.1. The van der Waals surface area contributed by atoms with E-state index < -0.39 is 0 Å². The standard InChI is InChI=1S/C21H25Cl2N3/c1-14(12-21(3,4)5)25-8-9-26(15(2)13-25)17-6-7-19-16(10-17)11-18(22)20(23)24-19/h6-7,10-11H,1-2,8-9,12-13H2,3-5H3. The van der Waals surface area contributed by atoms with E-state index in [4.69, 9.17) is 23.2 Å². The molecule has 5 heteroatoms. The molecule has 1 aliphatic heterocycles. The lowest BCUT2D eigenvalue weighted by Gasteiger charge is -2.41. The van der Waals surface area contributed by atoms with E-state index in [-0.39, 0.29) is 5.41 Å². The van der Waals surface area contributed by atoms with E-state index in [1.165, 1.54) is 5.70 Å². The van der Waals surface area contributed by atoms with Crippen LogP contribution >= 0.6 is 23.2 Å². The zero-order chi connectivity index (χ0) is 19.1. The van der Waals surface area contributed by atoms with E-state index in [0.29, 0.717) is 10.2 Å². The maximum Gasteiger partial charge on any atom is 0.148 e. The normalized spacial score (nSPS) is 15.7. The van der Waals surface area contributed by atoms with Crippen molar-refractivity contribution in [3.63, 3.8) is 0 Å². The zero-order valence-corrected chi connectivity index (χ0v) is 17.2. The van der Waals surface area contributed by atoms with Gasteiger partial charge < -0.3 is 9.80 Å². The Hall–Kier alpha value is -1.71. The third-order valence-electron chi connectivity index (χ3n) is 4.55. The first kappa shape index (κ1) is 19.1. The molecule has 0 aliphatic carbocycles. The summed E-state index contributed by atoms with van der Waals surface area (Å²) in [7, 11) is 0. The molecular weight excluding hydrogens is 365 g/mol. The van der Waals surface area contributed by atoms with Crippen molar-refractivity contribution in [3.8, 4) is 0 Å². The Labute approximate surface area is 165 Å². The highest BCUT2D eigenvalue weighted by molar-refractivity contribution is 6.41. The average Bonchev–Trinajstić information content (AvgIpc) is 2.54. The number of pyridine rings is 1. The van der Waals surface area contributed by atoms with Crippen LogP contribution in [-0.4, -0.2) is 29.5 Å². The second kappa shape index (κ2) is 7.13. The summed E-state index contributed by atoms with van der Waals surface area (Å²) in [6.45, 7) is 17.9. The predicted molar refractivity (Wildman–Crippen MR) is 113 cm³/mol. The quantitative estimate of drug-likeness (QED) is 0.588. The molecule has 3 rings (SSSR count). The molecule has 1 aliphatic rings. The van der Waals surface area contributed by atoms with E-state index >= 15 is 0 Å². The molecule has 0 spiro atoms. The van der Waals surface area contributed by atoms with E-state index in [1.807, 2.05) is 12.1 Å². The molecule has 0 unspecified atom stereocenters. The van der Waals surface area contributed by atoms with Crippen LogP contribution in [0.3, 0.4) is 0 Å². The first-order valence-electron chi connectivity index (χ1n) is 8.78. The molecule has 0 saturated carbocycles. The van der Waals surface area contributed by atoms with Crippen LogP contribution in [0.5, 0.6) is 0 Å². The van der Waals surface area contributed by atoms with E-state index in [1.54, 1.807) is 0 Å². The van der Waals surface area contributed by atoms with Crippen LogP contribution in [0.2, 0.25) is 10.2 Å². The van der Waals surface area contributed by atoms with Crippen molar-refractivity contribution in [2.24, 2.45) is 5.41 Å². The number of hydrogen-bond acceptors (Lipinski definition) is 3. The highest BCUT2D eigenvalue weighted by Crippen LogP contribution is 2.31. The topological polar surface area (TPSA) is 19.4 Å². The smallest absolute Gasteiger partial charge is 0.148 e. The van der Waals surface area contributed by atoms with Crippen molar-refractivity contribution >= 4 is 39.8 Å². The average molecular weight is 390 g/mol. The Kier molecular flexibility index (Phi) is 5.23. The summed E-state index contributed by atoms with van der Waals surface area (Å²) in [5.41, 5.74) is 4.43. The molecule has 2 aromatic rings. The zero-order valence-electron chi connectivity index (χ0n) is 15.6. The van der Waals surface area contributed by atoms with Gasteiger partial charge in [0, 0.05) is 35.6 Å². The molecule has 1 fully saturated rings. The van der Waals surface area contributed by atoms with Crippen molar-refractivity contribution < 1.29 is 0 Å².